The highest BCUT2D eigenvalue weighted by Gasteiger charge is 2.58. The number of carbonyl (C=O) groups excluding carboxylic acids is 1. The van der Waals surface area contributed by atoms with E-state index in [0.717, 1.165) is 5.01 Å². The van der Waals surface area contributed by atoms with Crippen LogP contribution < -0.4 is 5.84 Å². The molecular formula is C18H18Cl2N2O. The zero-order valence-corrected chi connectivity index (χ0v) is 14.3. The van der Waals surface area contributed by atoms with Crippen molar-refractivity contribution < 1.29 is 4.79 Å². The summed E-state index contributed by atoms with van der Waals surface area (Å²) in [7, 11) is 1.47. The largest absolute Gasteiger partial charge is 0.286 e. The summed E-state index contributed by atoms with van der Waals surface area (Å²) >= 11 is 12.2. The number of hydrogen-bond donors (Lipinski definition) is 1. The molecule has 1 fully saturated rings. The predicted octanol–water partition coefficient (Wildman–Crippen LogP) is 4.12. The quantitative estimate of drug-likeness (QED) is 0.384. The maximum atomic E-state index is 9.31. The summed E-state index contributed by atoms with van der Waals surface area (Å²) in [5.41, 5.74) is 4.56. The van der Waals surface area contributed by atoms with Gasteiger partial charge in [-0.3, -0.25) is 9.80 Å². The van der Waals surface area contributed by atoms with Gasteiger partial charge in [0.05, 0.1) is 10.0 Å². The van der Waals surface area contributed by atoms with Gasteiger partial charge >= 0.3 is 0 Å². The molecule has 0 radical (unpaired) electrons. The predicted molar refractivity (Wildman–Crippen MR) is 93.7 cm³/mol. The number of amides is 1. The second-order valence-electron chi connectivity index (χ2n) is 6.05. The van der Waals surface area contributed by atoms with Crippen LogP contribution in [0.5, 0.6) is 0 Å². The van der Waals surface area contributed by atoms with Gasteiger partial charge in [0.1, 0.15) is 0 Å². The first-order valence-corrected chi connectivity index (χ1v) is 8.24. The number of halogens is 2. The summed E-state index contributed by atoms with van der Waals surface area (Å²) in [6.45, 7) is 0. The van der Waals surface area contributed by atoms with Crippen LogP contribution in [0.25, 0.3) is 0 Å². The van der Waals surface area contributed by atoms with E-state index in [4.69, 9.17) is 29.0 Å². The zero-order valence-electron chi connectivity index (χ0n) is 12.8. The Labute approximate surface area is 146 Å². The van der Waals surface area contributed by atoms with Gasteiger partial charge in [-0.1, -0.05) is 53.5 Å². The fourth-order valence-corrected chi connectivity index (χ4v) is 4.02. The van der Waals surface area contributed by atoms with E-state index in [1.165, 1.54) is 36.6 Å². The lowest BCUT2D eigenvalue weighted by Crippen LogP contribution is -2.52. The summed E-state index contributed by atoms with van der Waals surface area (Å²) < 4.78 is 0. The fraction of sp³-hybridized carbons (Fsp3) is 0.278. The summed E-state index contributed by atoms with van der Waals surface area (Å²) in [4.78, 5) is 9.31. The van der Waals surface area contributed by atoms with Gasteiger partial charge in [0, 0.05) is 12.5 Å². The number of fused-ring (bicyclic) bond motifs is 4. The minimum absolute atomic E-state index is 0.227. The van der Waals surface area contributed by atoms with Crippen molar-refractivity contribution in [3.63, 3.8) is 0 Å². The summed E-state index contributed by atoms with van der Waals surface area (Å²) in [6, 6.07) is 14.9. The van der Waals surface area contributed by atoms with E-state index in [9.17, 15) is 4.79 Å². The lowest BCUT2D eigenvalue weighted by molar-refractivity contribution is -0.117. The van der Waals surface area contributed by atoms with Crippen molar-refractivity contribution in [1.82, 2.24) is 5.01 Å². The first-order valence-electron chi connectivity index (χ1n) is 7.48. The van der Waals surface area contributed by atoms with Crippen LogP contribution in [-0.2, 0) is 10.2 Å². The third-order valence-electron chi connectivity index (χ3n) is 4.84. The molecule has 2 aromatic rings. The van der Waals surface area contributed by atoms with Gasteiger partial charge in [-0.05, 0) is 47.6 Å². The minimum Gasteiger partial charge on any atom is -0.286 e. The van der Waals surface area contributed by atoms with E-state index in [1.807, 2.05) is 12.1 Å². The van der Waals surface area contributed by atoms with E-state index in [1.54, 1.807) is 0 Å². The van der Waals surface area contributed by atoms with Gasteiger partial charge in [-0.15, -0.1) is 0 Å². The average Bonchev–Trinajstić information content (AvgIpc) is 2.52. The van der Waals surface area contributed by atoms with Crippen LogP contribution in [0, 0.1) is 0 Å². The van der Waals surface area contributed by atoms with Gasteiger partial charge in [0.25, 0.3) is 0 Å². The highest BCUT2D eigenvalue weighted by Crippen LogP contribution is 2.67. The lowest BCUT2D eigenvalue weighted by Gasteiger charge is -2.60. The van der Waals surface area contributed by atoms with Gasteiger partial charge in [-0.2, -0.15) is 0 Å². The highest BCUT2D eigenvalue weighted by atomic mass is 35.5. The Morgan fingerprint density at radius 2 is 1.91 bits per heavy atom. The van der Waals surface area contributed by atoms with Gasteiger partial charge < -0.3 is 0 Å². The number of rotatable bonds is 2. The standard InChI is InChI=1S/C16H12Cl2.C2H6N2O/c17-14-6-5-10(9-15(14)18)16-8-7-13(16)11-3-1-2-4-12(11)16;1-4(3)2-5/h1-6,9,13H,7-8H2;2H,3H2,1H3. The molecule has 2 aromatic carbocycles. The van der Waals surface area contributed by atoms with Crippen LogP contribution in [-0.4, -0.2) is 18.5 Å². The van der Waals surface area contributed by atoms with Crippen molar-refractivity contribution >= 4 is 29.6 Å². The molecule has 0 aliphatic heterocycles. The molecular weight excluding hydrogens is 331 g/mol. The van der Waals surface area contributed by atoms with Gasteiger partial charge in [0.2, 0.25) is 6.41 Å². The lowest BCUT2D eigenvalue weighted by atomic mass is 9.43. The highest BCUT2D eigenvalue weighted by molar-refractivity contribution is 6.42. The van der Waals surface area contributed by atoms with E-state index in [0.29, 0.717) is 22.4 Å². The first kappa shape index (κ1) is 16.3. The molecule has 4 rings (SSSR count). The van der Waals surface area contributed by atoms with Crippen LogP contribution in [0.3, 0.4) is 0 Å². The smallest absolute Gasteiger partial charge is 0.223 e. The molecule has 2 aliphatic carbocycles. The minimum atomic E-state index is 0.227. The number of carbonyl (C=O) groups is 1. The normalized spacial score (nSPS) is 23.2. The molecule has 2 N–H and O–H groups in total. The Morgan fingerprint density at radius 1 is 1.22 bits per heavy atom. The number of benzene rings is 2. The molecule has 2 unspecified atom stereocenters. The van der Waals surface area contributed by atoms with Crippen molar-refractivity contribution in [2.75, 3.05) is 7.05 Å². The van der Waals surface area contributed by atoms with Gasteiger partial charge in [0.15, 0.2) is 0 Å². The average molecular weight is 349 g/mol. The number of nitrogens with zero attached hydrogens (tertiary/aromatic N) is 1. The number of hydrogen-bond acceptors (Lipinski definition) is 2. The van der Waals surface area contributed by atoms with Crippen LogP contribution >= 0.6 is 23.2 Å². The Kier molecular flexibility index (Phi) is 4.37. The molecule has 0 heterocycles. The maximum absolute atomic E-state index is 9.31. The Morgan fingerprint density at radius 3 is 2.48 bits per heavy atom. The van der Waals surface area contributed by atoms with Crippen LogP contribution in [0.15, 0.2) is 42.5 Å². The van der Waals surface area contributed by atoms with Crippen molar-refractivity contribution in [3.05, 3.63) is 69.2 Å². The van der Waals surface area contributed by atoms with Crippen LogP contribution in [0.1, 0.15) is 35.4 Å². The van der Waals surface area contributed by atoms with Crippen molar-refractivity contribution in [3.8, 4) is 0 Å². The third-order valence-corrected chi connectivity index (χ3v) is 5.58. The number of nitrogens with two attached hydrogens (primary N) is 1. The zero-order chi connectivity index (χ0) is 16.6. The molecule has 0 aromatic heterocycles. The van der Waals surface area contributed by atoms with E-state index in [-0.39, 0.29) is 5.41 Å². The molecule has 0 saturated heterocycles. The molecule has 1 amide bonds. The monoisotopic (exact) mass is 348 g/mol. The summed E-state index contributed by atoms with van der Waals surface area (Å²) in [5.74, 6) is 5.44. The topological polar surface area (TPSA) is 46.3 Å². The molecule has 0 bridgehead atoms. The molecule has 120 valence electrons. The number of hydrazine groups is 1. The fourth-order valence-electron chi connectivity index (χ4n) is 3.72. The Bertz CT molecular complexity index is 748. The molecule has 0 spiro atoms. The van der Waals surface area contributed by atoms with E-state index >= 15 is 0 Å². The second-order valence-corrected chi connectivity index (χ2v) is 6.86. The SMILES string of the molecule is CN(N)C=O.Clc1ccc(C23CCC2c2ccccc23)cc1Cl. The van der Waals surface area contributed by atoms with Gasteiger partial charge in [-0.25, -0.2) is 5.84 Å². The first-order chi connectivity index (χ1) is 11.0. The molecule has 1 saturated carbocycles. The maximum Gasteiger partial charge on any atom is 0.223 e. The third kappa shape index (κ3) is 2.53. The second kappa shape index (κ2) is 6.16. The molecule has 2 atom stereocenters. The molecule has 5 heteroatoms. The van der Waals surface area contributed by atoms with Crippen molar-refractivity contribution in [2.45, 2.75) is 24.2 Å². The molecule has 23 heavy (non-hydrogen) atoms. The Hall–Kier alpha value is -1.55. The Balaban J connectivity index is 0.000000276. The van der Waals surface area contributed by atoms with Crippen LogP contribution in [0.2, 0.25) is 10.0 Å². The van der Waals surface area contributed by atoms with Crippen molar-refractivity contribution in [1.29, 1.82) is 0 Å². The summed E-state index contributed by atoms with van der Waals surface area (Å²) in [6.07, 6.45) is 3.05. The van der Waals surface area contributed by atoms with E-state index in [2.05, 4.69) is 30.3 Å². The molecule has 2 aliphatic rings. The van der Waals surface area contributed by atoms with Crippen LogP contribution in [0.4, 0.5) is 0 Å². The summed E-state index contributed by atoms with van der Waals surface area (Å²) in [5, 5.41) is 2.25. The van der Waals surface area contributed by atoms with E-state index < -0.39 is 0 Å². The molecule has 3 nitrogen and oxygen atoms in total. The van der Waals surface area contributed by atoms with Crippen molar-refractivity contribution in [2.24, 2.45) is 5.84 Å².